The average Bonchev–Trinajstić information content (AvgIpc) is 2.45. The Balaban J connectivity index is 2.45. The lowest BCUT2D eigenvalue weighted by atomic mass is 9.92. The van der Waals surface area contributed by atoms with Crippen LogP contribution in [0.4, 0.5) is 0 Å². The summed E-state index contributed by atoms with van der Waals surface area (Å²) in [4.78, 5) is 16.7. The Bertz CT molecular complexity index is 573. The van der Waals surface area contributed by atoms with Crippen molar-refractivity contribution in [1.82, 2.24) is 4.98 Å². The molecule has 1 aromatic carbocycles. The van der Waals surface area contributed by atoms with Crippen molar-refractivity contribution in [2.45, 2.75) is 25.9 Å². The summed E-state index contributed by atoms with van der Waals surface area (Å²) in [6, 6.07) is 9.63. The van der Waals surface area contributed by atoms with Gasteiger partial charge in [-0.2, -0.15) is 0 Å². The minimum Gasteiger partial charge on any atom is -0.370 e. The number of aromatic nitrogens is 1. The second-order valence-corrected chi connectivity index (χ2v) is 4.53. The SMILES string of the molecule is CCC(C)(OC)C(=O)c1cnc2ccccc2c1. The van der Waals surface area contributed by atoms with Gasteiger partial charge in [0.1, 0.15) is 5.60 Å². The van der Waals surface area contributed by atoms with E-state index in [2.05, 4.69) is 4.98 Å². The largest absolute Gasteiger partial charge is 0.370 e. The van der Waals surface area contributed by atoms with Crippen LogP contribution in [0, 0.1) is 0 Å². The minimum atomic E-state index is -0.774. The molecule has 0 spiro atoms. The summed E-state index contributed by atoms with van der Waals surface area (Å²) >= 11 is 0. The molecule has 3 nitrogen and oxygen atoms in total. The lowest BCUT2D eigenvalue weighted by Gasteiger charge is -2.24. The fourth-order valence-electron chi connectivity index (χ4n) is 1.90. The van der Waals surface area contributed by atoms with Gasteiger partial charge in [0.05, 0.1) is 5.52 Å². The number of carbonyl (C=O) groups is 1. The van der Waals surface area contributed by atoms with Crippen molar-refractivity contribution in [3.05, 3.63) is 42.1 Å². The Morgan fingerprint density at radius 1 is 1.39 bits per heavy atom. The van der Waals surface area contributed by atoms with Crippen molar-refractivity contribution in [1.29, 1.82) is 0 Å². The molecule has 1 atom stereocenters. The van der Waals surface area contributed by atoms with Crippen LogP contribution in [0.1, 0.15) is 30.6 Å². The van der Waals surface area contributed by atoms with Crippen molar-refractivity contribution in [2.24, 2.45) is 0 Å². The van der Waals surface area contributed by atoms with E-state index in [4.69, 9.17) is 4.74 Å². The molecule has 1 heterocycles. The van der Waals surface area contributed by atoms with Gasteiger partial charge in [-0.3, -0.25) is 9.78 Å². The molecule has 0 aliphatic heterocycles. The van der Waals surface area contributed by atoms with E-state index in [-0.39, 0.29) is 5.78 Å². The Morgan fingerprint density at radius 3 is 2.78 bits per heavy atom. The van der Waals surface area contributed by atoms with Crippen LogP contribution in [-0.2, 0) is 4.74 Å². The van der Waals surface area contributed by atoms with Gasteiger partial charge in [0.2, 0.25) is 0 Å². The third-order valence-electron chi connectivity index (χ3n) is 3.46. The number of ketones is 1. The highest BCUT2D eigenvalue weighted by Gasteiger charge is 2.32. The summed E-state index contributed by atoms with van der Waals surface area (Å²) in [6.07, 6.45) is 2.26. The fraction of sp³-hybridized carbons (Fsp3) is 0.333. The smallest absolute Gasteiger partial charge is 0.195 e. The van der Waals surface area contributed by atoms with E-state index in [1.807, 2.05) is 44.2 Å². The van der Waals surface area contributed by atoms with E-state index >= 15 is 0 Å². The summed E-state index contributed by atoms with van der Waals surface area (Å²) in [5.41, 5.74) is 0.717. The third kappa shape index (κ3) is 2.14. The van der Waals surface area contributed by atoms with Crippen molar-refractivity contribution < 1.29 is 9.53 Å². The number of para-hydroxylation sites is 1. The molecule has 94 valence electrons. The molecule has 2 aromatic rings. The van der Waals surface area contributed by atoms with Crippen molar-refractivity contribution in [3.8, 4) is 0 Å². The van der Waals surface area contributed by atoms with Crippen LogP contribution in [0.25, 0.3) is 10.9 Å². The first-order valence-corrected chi connectivity index (χ1v) is 6.05. The van der Waals surface area contributed by atoms with Crippen molar-refractivity contribution in [2.75, 3.05) is 7.11 Å². The van der Waals surface area contributed by atoms with E-state index in [1.165, 1.54) is 0 Å². The van der Waals surface area contributed by atoms with Crippen LogP contribution in [-0.4, -0.2) is 23.5 Å². The normalized spacial score (nSPS) is 14.4. The van der Waals surface area contributed by atoms with Crippen molar-refractivity contribution >= 4 is 16.7 Å². The minimum absolute atomic E-state index is 0.0225. The van der Waals surface area contributed by atoms with Gasteiger partial charge in [-0.15, -0.1) is 0 Å². The lowest BCUT2D eigenvalue weighted by molar-refractivity contribution is 0.0106. The molecule has 0 N–H and O–H groups in total. The Kier molecular flexibility index (Phi) is 3.43. The monoisotopic (exact) mass is 243 g/mol. The zero-order valence-corrected chi connectivity index (χ0v) is 10.9. The molecule has 0 aliphatic carbocycles. The van der Waals surface area contributed by atoms with Crippen LogP contribution in [0.15, 0.2) is 36.5 Å². The van der Waals surface area contributed by atoms with Gasteiger partial charge in [-0.05, 0) is 25.5 Å². The fourth-order valence-corrected chi connectivity index (χ4v) is 1.90. The van der Waals surface area contributed by atoms with E-state index in [9.17, 15) is 4.79 Å². The number of ether oxygens (including phenoxy) is 1. The molecule has 1 unspecified atom stereocenters. The number of benzene rings is 1. The topological polar surface area (TPSA) is 39.2 Å². The first-order chi connectivity index (χ1) is 8.60. The molecule has 18 heavy (non-hydrogen) atoms. The number of pyridine rings is 1. The van der Waals surface area contributed by atoms with Crippen LogP contribution in [0.2, 0.25) is 0 Å². The molecule has 0 saturated heterocycles. The maximum Gasteiger partial charge on any atom is 0.195 e. The Morgan fingerprint density at radius 2 is 2.11 bits per heavy atom. The Hall–Kier alpha value is -1.74. The number of methoxy groups -OCH3 is 1. The molecular formula is C15H17NO2. The second-order valence-electron chi connectivity index (χ2n) is 4.53. The average molecular weight is 243 g/mol. The van der Waals surface area contributed by atoms with Crippen LogP contribution >= 0.6 is 0 Å². The zero-order valence-electron chi connectivity index (χ0n) is 10.9. The van der Waals surface area contributed by atoms with Gasteiger partial charge in [0, 0.05) is 24.3 Å². The maximum absolute atomic E-state index is 12.4. The highest BCUT2D eigenvalue weighted by molar-refractivity contribution is 6.04. The summed E-state index contributed by atoms with van der Waals surface area (Å²) in [7, 11) is 1.57. The molecule has 2 rings (SSSR count). The number of carbonyl (C=O) groups excluding carboxylic acids is 1. The maximum atomic E-state index is 12.4. The van der Waals surface area contributed by atoms with E-state index in [0.29, 0.717) is 12.0 Å². The standard InChI is InChI=1S/C15H17NO2/c1-4-15(2,18-3)14(17)12-9-11-7-5-6-8-13(11)16-10-12/h5-10H,4H2,1-3H3. The second kappa shape index (κ2) is 4.86. The lowest BCUT2D eigenvalue weighted by Crippen LogP contribution is -2.36. The third-order valence-corrected chi connectivity index (χ3v) is 3.46. The zero-order chi connectivity index (χ0) is 13.2. The number of nitrogens with zero attached hydrogens (tertiary/aromatic N) is 1. The summed E-state index contributed by atoms with van der Waals surface area (Å²) in [5.74, 6) is -0.0225. The van der Waals surface area contributed by atoms with Gasteiger partial charge in [0.15, 0.2) is 5.78 Å². The van der Waals surface area contributed by atoms with Crippen LogP contribution in [0.3, 0.4) is 0 Å². The van der Waals surface area contributed by atoms with Crippen LogP contribution < -0.4 is 0 Å². The quantitative estimate of drug-likeness (QED) is 0.774. The molecule has 0 saturated carbocycles. The van der Waals surface area contributed by atoms with Gasteiger partial charge < -0.3 is 4.74 Å². The van der Waals surface area contributed by atoms with E-state index in [1.54, 1.807) is 13.3 Å². The molecule has 0 amide bonds. The molecular weight excluding hydrogens is 226 g/mol. The number of rotatable bonds is 4. The summed E-state index contributed by atoms with van der Waals surface area (Å²) in [5, 5.41) is 0.970. The predicted octanol–water partition coefficient (Wildman–Crippen LogP) is 3.23. The van der Waals surface area contributed by atoms with Crippen LogP contribution in [0.5, 0.6) is 0 Å². The van der Waals surface area contributed by atoms with E-state index < -0.39 is 5.60 Å². The summed E-state index contributed by atoms with van der Waals surface area (Å²) in [6.45, 7) is 3.75. The highest BCUT2D eigenvalue weighted by atomic mass is 16.5. The van der Waals surface area contributed by atoms with Gasteiger partial charge in [-0.1, -0.05) is 25.1 Å². The first kappa shape index (κ1) is 12.7. The molecule has 0 fully saturated rings. The van der Waals surface area contributed by atoms with Crippen molar-refractivity contribution in [3.63, 3.8) is 0 Å². The predicted molar refractivity (Wildman–Crippen MR) is 71.8 cm³/mol. The number of hydrogen-bond acceptors (Lipinski definition) is 3. The number of fused-ring (bicyclic) bond motifs is 1. The highest BCUT2D eigenvalue weighted by Crippen LogP contribution is 2.22. The number of Topliss-reactive ketones (excluding diaryl/α,β-unsaturated/α-hetero) is 1. The van der Waals surface area contributed by atoms with E-state index in [0.717, 1.165) is 10.9 Å². The first-order valence-electron chi connectivity index (χ1n) is 6.05. The molecule has 0 aliphatic rings. The number of hydrogen-bond donors (Lipinski definition) is 0. The van der Waals surface area contributed by atoms with Gasteiger partial charge in [0.25, 0.3) is 0 Å². The van der Waals surface area contributed by atoms with Gasteiger partial charge in [-0.25, -0.2) is 0 Å². The summed E-state index contributed by atoms with van der Waals surface area (Å²) < 4.78 is 5.34. The molecule has 3 heteroatoms. The molecule has 0 radical (unpaired) electrons. The molecule has 0 bridgehead atoms. The Labute approximate surface area is 107 Å². The van der Waals surface area contributed by atoms with Gasteiger partial charge >= 0.3 is 0 Å². The molecule has 1 aromatic heterocycles.